The zero-order valence-electron chi connectivity index (χ0n) is 15.5. The van der Waals surface area contributed by atoms with Crippen LogP contribution >= 0.6 is 24.0 Å². The van der Waals surface area contributed by atoms with Gasteiger partial charge in [-0.2, -0.15) is 5.10 Å². The van der Waals surface area contributed by atoms with Gasteiger partial charge in [-0.05, 0) is 30.2 Å². The van der Waals surface area contributed by atoms with Crippen LogP contribution in [-0.2, 0) is 20.1 Å². The van der Waals surface area contributed by atoms with Crippen LogP contribution in [0.3, 0.4) is 0 Å². The van der Waals surface area contributed by atoms with E-state index in [0.29, 0.717) is 31.2 Å². The maximum absolute atomic E-state index is 12.0. The Hall–Kier alpha value is -2.10. The van der Waals surface area contributed by atoms with E-state index in [0.717, 1.165) is 17.7 Å². The van der Waals surface area contributed by atoms with Crippen molar-refractivity contribution in [3.05, 3.63) is 53.3 Å². The lowest BCUT2D eigenvalue weighted by Gasteiger charge is -2.12. The molecule has 1 aromatic carbocycles. The van der Waals surface area contributed by atoms with Crippen molar-refractivity contribution < 1.29 is 4.79 Å². The highest BCUT2D eigenvalue weighted by Crippen LogP contribution is 2.05. The van der Waals surface area contributed by atoms with E-state index in [4.69, 9.17) is 0 Å². The average Bonchev–Trinajstić information content (AvgIpc) is 3.05. The lowest BCUT2D eigenvalue weighted by Crippen LogP contribution is -2.36. The molecule has 142 valence electrons. The number of halogens is 1. The third-order valence-electron chi connectivity index (χ3n) is 3.77. The van der Waals surface area contributed by atoms with Crippen molar-refractivity contribution in [3.63, 3.8) is 0 Å². The summed E-state index contributed by atoms with van der Waals surface area (Å²) in [6.07, 6.45) is 2.69. The van der Waals surface area contributed by atoms with Gasteiger partial charge in [0.25, 0.3) is 5.91 Å². The molecule has 0 aliphatic carbocycles. The predicted molar refractivity (Wildman–Crippen MR) is 115 cm³/mol. The molecule has 0 saturated heterocycles. The fourth-order valence-electron chi connectivity index (χ4n) is 2.32. The molecule has 0 saturated carbocycles. The monoisotopic (exact) mass is 470 g/mol. The lowest BCUT2D eigenvalue weighted by atomic mass is 10.1. The van der Waals surface area contributed by atoms with E-state index >= 15 is 0 Å². The Balaban J connectivity index is 0.00000338. The van der Waals surface area contributed by atoms with Crippen LogP contribution in [0, 0.1) is 0 Å². The summed E-state index contributed by atoms with van der Waals surface area (Å²) in [5, 5.41) is 13.5. The molecule has 1 heterocycles. The molecular formula is C18H27IN6O. The number of aliphatic imine (C=N–C) groups is 1. The number of amides is 1. The number of guanidine groups is 1. The number of hydrogen-bond donors (Lipinski definition) is 3. The Kier molecular flexibility index (Phi) is 9.71. The Morgan fingerprint density at radius 3 is 2.62 bits per heavy atom. The van der Waals surface area contributed by atoms with Crippen LogP contribution in [-0.4, -0.2) is 35.2 Å². The van der Waals surface area contributed by atoms with Crippen LogP contribution in [0.4, 0.5) is 0 Å². The largest absolute Gasteiger partial charge is 0.352 e. The van der Waals surface area contributed by atoms with Crippen molar-refractivity contribution in [1.29, 1.82) is 0 Å². The fraction of sp³-hybridized carbons (Fsp3) is 0.389. The second kappa shape index (κ2) is 11.5. The molecule has 0 fully saturated rings. The molecule has 0 radical (unpaired) electrons. The van der Waals surface area contributed by atoms with E-state index in [1.807, 2.05) is 49.0 Å². The van der Waals surface area contributed by atoms with Crippen molar-refractivity contribution in [2.75, 3.05) is 13.6 Å². The van der Waals surface area contributed by atoms with Gasteiger partial charge in [0.1, 0.15) is 0 Å². The number of aromatic nitrogens is 2. The number of carbonyl (C=O) groups excluding carboxylic acids is 1. The molecular weight excluding hydrogens is 443 g/mol. The third-order valence-corrected chi connectivity index (χ3v) is 3.77. The average molecular weight is 470 g/mol. The molecule has 0 spiro atoms. The van der Waals surface area contributed by atoms with Gasteiger partial charge in [0.15, 0.2) is 5.96 Å². The first-order valence-corrected chi connectivity index (χ1v) is 8.42. The number of nitrogens with zero attached hydrogens (tertiary/aromatic N) is 3. The highest BCUT2D eigenvalue weighted by Gasteiger charge is 2.06. The van der Waals surface area contributed by atoms with E-state index in [9.17, 15) is 4.79 Å². The van der Waals surface area contributed by atoms with Gasteiger partial charge in [0.2, 0.25) is 0 Å². The number of hydrogen-bond acceptors (Lipinski definition) is 3. The minimum atomic E-state index is -0.0394. The quantitative estimate of drug-likeness (QED) is 0.329. The summed E-state index contributed by atoms with van der Waals surface area (Å²) in [7, 11) is 3.63. The van der Waals surface area contributed by atoms with E-state index in [1.54, 1.807) is 13.2 Å². The van der Waals surface area contributed by atoms with Gasteiger partial charge in [0, 0.05) is 38.9 Å². The van der Waals surface area contributed by atoms with Crippen molar-refractivity contribution in [2.45, 2.75) is 26.4 Å². The first-order chi connectivity index (χ1) is 12.1. The summed E-state index contributed by atoms with van der Waals surface area (Å²) in [4.78, 5) is 16.3. The zero-order valence-corrected chi connectivity index (χ0v) is 17.8. The Bertz CT molecular complexity index is 728. The summed E-state index contributed by atoms with van der Waals surface area (Å²) in [5.41, 5.74) is 2.76. The van der Waals surface area contributed by atoms with Crippen LogP contribution in [0.1, 0.15) is 35.0 Å². The first kappa shape index (κ1) is 21.9. The second-order valence-electron chi connectivity index (χ2n) is 5.68. The third kappa shape index (κ3) is 6.66. The highest BCUT2D eigenvalue weighted by atomic mass is 127. The lowest BCUT2D eigenvalue weighted by molar-refractivity contribution is 0.0953. The van der Waals surface area contributed by atoms with Gasteiger partial charge in [-0.3, -0.25) is 14.5 Å². The summed E-state index contributed by atoms with van der Waals surface area (Å²) < 4.78 is 1.82. The molecule has 0 aliphatic rings. The predicted octanol–water partition coefficient (Wildman–Crippen LogP) is 2.04. The number of nitrogens with one attached hydrogen (secondary N) is 3. The van der Waals surface area contributed by atoms with E-state index in [1.165, 1.54) is 0 Å². The summed E-state index contributed by atoms with van der Waals surface area (Å²) in [6, 6.07) is 9.55. The van der Waals surface area contributed by atoms with Gasteiger partial charge < -0.3 is 16.0 Å². The fourth-order valence-corrected chi connectivity index (χ4v) is 2.32. The SMILES string of the molecule is CCCNC(=O)c1cccc(CNC(=NC)NCc2ccnn2C)c1.I. The van der Waals surface area contributed by atoms with Crippen molar-refractivity contribution in [1.82, 2.24) is 25.7 Å². The number of carbonyl (C=O) groups is 1. The van der Waals surface area contributed by atoms with Gasteiger partial charge in [-0.15, -0.1) is 24.0 Å². The van der Waals surface area contributed by atoms with Gasteiger partial charge >= 0.3 is 0 Å². The molecule has 0 atom stereocenters. The highest BCUT2D eigenvalue weighted by molar-refractivity contribution is 14.0. The maximum atomic E-state index is 12.0. The number of rotatable bonds is 7. The van der Waals surface area contributed by atoms with Crippen LogP contribution in [0.15, 0.2) is 41.5 Å². The Labute approximate surface area is 171 Å². The summed E-state index contributed by atoms with van der Waals surface area (Å²) in [6.45, 7) is 3.94. The van der Waals surface area contributed by atoms with E-state index in [-0.39, 0.29) is 29.9 Å². The van der Waals surface area contributed by atoms with Gasteiger partial charge in [0.05, 0.1) is 12.2 Å². The van der Waals surface area contributed by atoms with E-state index < -0.39 is 0 Å². The van der Waals surface area contributed by atoms with Crippen LogP contribution in [0.2, 0.25) is 0 Å². The molecule has 1 amide bonds. The maximum Gasteiger partial charge on any atom is 0.251 e. The normalized spacial score (nSPS) is 10.8. The minimum Gasteiger partial charge on any atom is -0.352 e. The molecule has 26 heavy (non-hydrogen) atoms. The number of aryl methyl sites for hydroxylation is 1. The first-order valence-electron chi connectivity index (χ1n) is 8.42. The molecule has 1 aromatic heterocycles. The molecule has 7 nitrogen and oxygen atoms in total. The molecule has 2 aromatic rings. The summed E-state index contributed by atoms with van der Waals surface area (Å²) in [5.74, 6) is 0.657. The Morgan fingerprint density at radius 2 is 1.96 bits per heavy atom. The van der Waals surface area contributed by atoms with Crippen molar-refractivity contribution in [2.24, 2.45) is 12.0 Å². The standard InChI is InChI=1S/C18H26N6O.HI/c1-4-9-20-17(25)15-7-5-6-14(11-15)12-21-18(19-2)22-13-16-8-10-23-24(16)3;/h5-8,10-11H,4,9,12-13H2,1-3H3,(H,20,25)(H2,19,21,22);1H. The molecule has 2 rings (SSSR count). The smallest absolute Gasteiger partial charge is 0.251 e. The molecule has 3 N–H and O–H groups in total. The van der Waals surface area contributed by atoms with Gasteiger partial charge in [-0.25, -0.2) is 0 Å². The van der Waals surface area contributed by atoms with E-state index in [2.05, 4.69) is 26.0 Å². The Morgan fingerprint density at radius 1 is 1.19 bits per heavy atom. The second-order valence-corrected chi connectivity index (χ2v) is 5.68. The van der Waals surface area contributed by atoms with Crippen LogP contribution in [0.5, 0.6) is 0 Å². The minimum absolute atomic E-state index is 0. The number of benzene rings is 1. The molecule has 8 heteroatoms. The molecule has 0 aliphatic heterocycles. The molecule has 0 unspecified atom stereocenters. The van der Waals surface area contributed by atoms with Crippen molar-refractivity contribution >= 4 is 35.8 Å². The van der Waals surface area contributed by atoms with Crippen LogP contribution in [0.25, 0.3) is 0 Å². The topological polar surface area (TPSA) is 83.3 Å². The van der Waals surface area contributed by atoms with Crippen molar-refractivity contribution in [3.8, 4) is 0 Å². The zero-order chi connectivity index (χ0) is 18.1. The van der Waals surface area contributed by atoms with Crippen LogP contribution < -0.4 is 16.0 Å². The van der Waals surface area contributed by atoms with Gasteiger partial charge in [-0.1, -0.05) is 19.1 Å². The molecule has 0 bridgehead atoms. The summed E-state index contributed by atoms with van der Waals surface area (Å²) >= 11 is 0.